The predicted octanol–water partition coefficient (Wildman–Crippen LogP) is 4.59. The van der Waals surface area contributed by atoms with E-state index >= 15 is 0 Å². The Labute approximate surface area is 171 Å². The standard InChI is InChI=1S/C22H24N2O3.ClH/c1-3-26-20-12-15-14-23-22(16-8-5-6-10-19(16)25)17-9-7-11-24(17)18(15)13-21(20)27-4-2;/h5-13,22-23,25H,3-4,14H2,1-2H3;1H. The Balaban J connectivity index is 0.00000225. The smallest absolute Gasteiger partial charge is 0.163 e. The Hall–Kier alpha value is -2.63. The number of aromatic hydroxyl groups is 1. The van der Waals surface area contributed by atoms with E-state index in [-0.39, 0.29) is 18.4 Å². The number of ether oxygens (including phenoxy) is 2. The highest BCUT2D eigenvalue weighted by Crippen LogP contribution is 2.38. The Morgan fingerprint density at radius 2 is 1.75 bits per heavy atom. The number of hydrogen-bond acceptors (Lipinski definition) is 4. The molecule has 148 valence electrons. The highest BCUT2D eigenvalue weighted by Gasteiger charge is 2.26. The predicted molar refractivity (Wildman–Crippen MR) is 112 cm³/mol. The van der Waals surface area contributed by atoms with Gasteiger partial charge in [0.15, 0.2) is 11.5 Å². The van der Waals surface area contributed by atoms with E-state index in [0.717, 1.165) is 34.0 Å². The van der Waals surface area contributed by atoms with Gasteiger partial charge in [-0.25, -0.2) is 0 Å². The molecular weight excluding hydrogens is 376 g/mol. The van der Waals surface area contributed by atoms with Gasteiger partial charge in [0.05, 0.1) is 24.9 Å². The fourth-order valence-electron chi connectivity index (χ4n) is 3.66. The van der Waals surface area contributed by atoms with Gasteiger partial charge in [0.25, 0.3) is 0 Å². The highest BCUT2D eigenvalue weighted by atomic mass is 35.5. The normalized spacial score (nSPS) is 15.0. The summed E-state index contributed by atoms with van der Waals surface area (Å²) in [4.78, 5) is 0. The van der Waals surface area contributed by atoms with E-state index < -0.39 is 0 Å². The number of phenols is 1. The van der Waals surface area contributed by atoms with Crippen LogP contribution in [0, 0.1) is 0 Å². The molecule has 2 heterocycles. The lowest BCUT2D eigenvalue weighted by Crippen LogP contribution is -2.21. The van der Waals surface area contributed by atoms with E-state index in [2.05, 4.69) is 16.0 Å². The van der Waals surface area contributed by atoms with Crippen molar-refractivity contribution in [2.24, 2.45) is 0 Å². The maximum atomic E-state index is 10.4. The minimum absolute atomic E-state index is 0. The number of para-hydroxylation sites is 1. The number of aromatic nitrogens is 1. The summed E-state index contributed by atoms with van der Waals surface area (Å²) in [5.41, 5.74) is 4.12. The zero-order valence-electron chi connectivity index (χ0n) is 16.0. The van der Waals surface area contributed by atoms with Crippen LogP contribution in [0.25, 0.3) is 5.69 Å². The largest absolute Gasteiger partial charge is 0.508 e. The van der Waals surface area contributed by atoms with Crippen LogP contribution in [0.4, 0.5) is 0 Å². The molecule has 0 saturated carbocycles. The van der Waals surface area contributed by atoms with Crippen molar-refractivity contribution >= 4 is 12.4 Å². The Morgan fingerprint density at radius 1 is 1.04 bits per heavy atom. The van der Waals surface area contributed by atoms with Gasteiger partial charge in [-0.05, 0) is 43.7 Å². The third-order valence-corrected chi connectivity index (χ3v) is 4.82. The van der Waals surface area contributed by atoms with Crippen LogP contribution < -0.4 is 14.8 Å². The second-order valence-corrected chi connectivity index (χ2v) is 6.47. The van der Waals surface area contributed by atoms with E-state index in [9.17, 15) is 5.11 Å². The first kappa shape index (κ1) is 20.1. The van der Waals surface area contributed by atoms with Crippen molar-refractivity contribution in [3.63, 3.8) is 0 Å². The maximum absolute atomic E-state index is 10.4. The average Bonchev–Trinajstić information content (AvgIpc) is 3.09. The molecule has 0 bridgehead atoms. The molecule has 2 aromatic carbocycles. The van der Waals surface area contributed by atoms with Gasteiger partial charge in [-0.15, -0.1) is 12.4 Å². The van der Waals surface area contributed by atoms with Gasteiger partial charge in [-0.3, -0.25) is 0 Å². The van der Waals surface area contributed by atoms with Crippen LogP contribution in [-0.2, 0) is 6.54 Å². The van der Waals surface area contributed by atoms with Gasteiger partial charge < -0.3 is 24.5 Å². The minimum atomic E-state index is -0.111. The van der Waals surface area contributed by atoms with Crippen molar-refractivity contribution in [1.82, 2.24) is 9.88 Å². The number of nitrogens with one attached hydrogen (secondary N) is 1. The second-order valence-electron chi connectivity index (χ2n) is 6.47. The van der Waals surface area contributed by atoms with Crippen molar-refractivity contribution in [2.45, 2.75) is 26.4 Å². The number of nitrogens with zero attached hydrogens (tertiary/aromatic N) is 1. The van der Waals surface area contributed by atoms with E-state index in [1.54, 1.807) is 6.07 Å². The van der Waals surface area contributed by atoms with Crippen LogP contribution in [0.5, 0.6) is 17.2 Å². The zero-order chi connectivity index (χ0) is 18.8. The number of phenolic OH excluding ortho intramolecular Hbond substituents is 1. The van der Waals surface area contributed by atoms with Crippen molar-refractivity contribution in [3.8, 4) is 22.9 Å². The summed E-state index contributed by atoms with van der Waals surface area (Å²) in [5, 5.41) is 14.0. The lowest BCUT2D eigenvalue weighted by Gasteiger charge is -2.19. The summed E-state index contributed by atoms with van der Waals surface area (Å²) in [7, 11) is 0. The summed E-state index contributed by atoms with van der Waals surface area (Å²) in [6.07, 6.45) is 2.05. The van der Waals surface area contributed by atoms with Gasteiger partial charge >= 0.3 is 0 Å². The lowest BCUT2D eigenvalue weighted by atomic mass is 10.0. The first-order valence-electron chi connectivity index (χ1n) is 9.34. The van der Waals surface area contributed by atoms with Crippen molar-refractivity contribution in [3.05, 3.63) is 71.5 Å². The molecule has 1 atom stereocenters. The third kappa shape index (κ3) is 3.55. The lowest BCUT2D eigenvalue weighted by molar-refractivity contribution is 0.287. The average molecular weight is 401 g/mol. The van der Waals surface area contributed by atoms with Crippen LogP contribution in [0.3, 0.4) is 0 Å². The van der Waals surface area contributed by atoms with Gasteiger partial charge in [-0.1, -0.05) is 18.2 Å². The molecule has 1 aliphatic heterocycles. The molecule has 6 heteroatoms. The first-order valence-corrected chi connectivity index (χ1v) is 9.34. The van der Waals surface area contributed by atoms with Crippen molar-refractivity contribution < 1.29 is 14.6 Å². The molecule has 4 rings (SSSR count). The van der Waals surface area contributed by atoms with Gasteiger partial charge in [0, 0.05) is 30.1 Å². The number of rotatable bonds is 5. The topological polar surface area (TPSA) is 55.7 Å². The molecule has 0 saturated heterocycles. The van der Waals surface area contributed by atoms with Crippen LogP contribution in [0.2, 0.25) is 0 Å². The molecule has 0 spiro atoms. The van der Waals surface area contributed by atoms with Crippen molar-refractivity contribution in [1.29, 1.82) is 0 Å². The molecule has 3 aromatic rings. The third-order valence-electron chi connectivity index (χ3n) is 4.82. The minimum Gasteiger partial charge on any atom is -0.508 e. The summed E-state index contributed by atoms with van der Waals surface area (Å²) in [6.45, 7) is 5.76. The molecule has 1 aromatic heterocycles. The Kier molecular flexibility index (Phi) is 6.17. The molecule has 28 heavy (non-hydrogen) atoms. The SMILES string of the molecule is CCOc1cc2c(cc1OCC)-n1cccc1C(c1ccccc1O)NC2.Cl. The number of halogens is 1. The molecule has 0 aliphatic carbocycles. The van der Waals surface area contributed by atoms with Gasteiger partial charge in [0.2, 0.25) is 0 Å². The van der Waals surface area contributed by atoms with Gasteiger partial charge in [0.1, 0.15) is 5.75 Å². The molecule has 2 N–H and O–H groups in total. The summed E-state index contributed by atoms with van der Waals surface area (Å²) in [5.74, 6) is 1.80. The summed E-state index contributed by atoms with van der Waals surface area (Å²) >= 11 is 0. The summed E-state index contributed by atoms with van der Waals surface area (Å²) in [6, 6.07) is 15.6. The number of fused-ring (bicyclic) bond motifs is 3. The molecule has 1 aliphatic rings. The van der Waals surface area contributed by atoms with Crippen LogP contribution in [0.15, 0.2) is 54.7 Å². The molecule has 0 amide bonds. The zero-order valence-corrected chi connectivity index (χ0v) is 16.8. The fourth-order valence-corrected chi connectivity index (χ4v) is 3.66. The van der Waals surface area contributed by atoms with Crippen LogP contribution >= 0.6 is 12.4 Å². The Bertz CT molecular complexity index is 955. The second kappa shape index (κ2) is 8.59. The fraction of sp³-hybridized carbons (Fsp3) is 0.273. The van der Waals surface area contributed by atoms with E-state index in [4.69, 9.17) is 9.47 Å². The first-order chi connectivity index (χ1) is 13.2. The molecule has 0 fully saturated rings. The summed E-state index contributed by atoms with van der Waals surface area (Å²) < 4.78 is 13.8. The van der Waals surface area contributed by atoms with E-state index in [0.29, 0.717) is 25.5 Å². The van der Waals surface area contributed by atoms with E-state index in [1.807, 2.05) is 56.4 Å². The molecular formula is C22H25ClN2O3. The van der Waals surface area contributed by atoms with Crippen LogP contribution in [-0.4, -0.2) is 22.9 Å². The van der Waals surface area contributed by atoms with E-state index in [1.165, 1.54) is 0 Å². The Morgan fingerprint density at radius 3 is 2.46 bits per heavy atom. The van der Waals surface area contributed by atoms with Crippen LogP contribution in [0.1, 0.15) is 36.7 Å². The molecule has 1 unspecified atom stereocenters. The monoisotopic (exact) mass is 400 g/mol. The quantitative estimate of drug-likeness (QED) is 0.657. The van der Waals surface area contributed by atoms with Gasteiger partial charge in [-0.2, -0.15) is 0 Å². The number of hydrogen-bond donors (Lipinski definition) is 2. The maximum Gasteiger partial charge on any atom is 0.163 e. The molecule has 0 radical (unpaired) electrons. The highest BCUT2D eigenvalue weighted by molar-refractivity contribution is 5.85. The number of benzene rings is 2. The molecule has 5 nitrogen and oxygen atoms in total. The van der Waals surface area contributed by atoms with Crippen molar-refractivity contribution in [2.75, 3.05) is 13.2 Å².